The Bertz CT molecular complexity index is 131. The molecule has 0 saturated carbocycles. The third-order valence-electron chi connectivity index (χ3n) is 1.68. The van der Waals surface area contributed by atoms with Gasteiger partial charge in [0.1, 0.15) is 19.8 Å². The molecule has 0 amide bonds. The van der Waals surface area contributed by atoms with Crippen LogP contribution in [0.4, 0.5) is 0 Å². The van der Waals surface area contributed by atoms with Crippen molar-refractivity contribution in [3.05, 3.63) is 0 Å². The van der Waals surface area contributed by atoms with E-state index in [9.17, 15) is 0 Å². The van der Waals surface area contributed by atoms with Crippen molar-refractivity contribution in [3.63, 3.8) is 0 Å². The van der Waals surface area contributed by atoms with Crippen molar-refractivity contribution in [2.45, 2.75) is 0 Å². The van der Waals surface area contributed by atoms with Crippen LogP contribution in [0.25, 0.3) is 0 Å². The van der Waals surface area contributed by atoms with Crippen LogP contribution in [0, 0.1) is 0 Å². The third kappa shape index (κ3) is 0.881. The van der Waals surface area contributed by atoms with Crippen molar-refractivity contribution in [1.29, 1.82) is 0 Å². The summed E-state index contributed by atoms with van der Waals surface area (Å²) < 4.78 is 18.3. The minimum absolute atomic E-state index is 0.679. The highest BCUT2D eigenvalue weighted by Gasteiger charge is 2.58. The first-order valence-corrected chi connectivity index (χ1v) is 4.87. The SMILES string of the molecule is CN1CCO[P+]12OCCO2. The maximum absolute atomic E-state index is 5.41. The Morgan fingerprint density at radius 2 is 1.70 bits per heavy atom. The molecule has 5 heteroatoms. The van der Waals surface area contributed by atoms with Gasteiger partial charge in [-0.15, -0.1) is 4.67 Å². The van der Waals surface area contributed by atoms with Gasteiger partial charge >= 0.3 is 8.09 Å². The van der Waals surface area contributed by atoms with Crippen molar-refractivity contribution >= 4 is 8.09 Å². The van der Waals surface area contributed by atoms with E-state index < -0.39 is 8.09 Å². The molecular formula is C5H11NO3P+. The monoisotopic (exact) mass is 164 g/mol. The number of likely N-dealkylation sites (N-methyl/N-ethyl adjacent to an activating group) is 1. The molecule has 2 fully saturated rings. The largest absolute Gasteiger partial charge is 0.504 e. The van der Waals surface area contributed by atoms with Crippen molar-refractivity contribution in [2.24, 2.45) is 0 Å². The van der Waals surface area contributed by atoms with Gasteiger partial charge in [-0.3, -0.25) is 0 Å². The van der Waals surface area contributed by atoms with E-state index in [-0.39, 0.29) is 0 Å². The topological polar surface area (TPSA) is 30.9 Å². The molecule has 2 rings (SSSR count). The first-order valence-electron chi connectivity index (χ1n) is 3.38. The molecule has 0 radical (unpaired) electrons. The predicted molar refractivity (Wildman–Crippen MR) is 37.4 cm³/mol. The summed E-state index contributed by atoms with van der Waals surface area (Å²) in [7, 11) is 0.0230. The number of nitrogens with zero attached hydrogens (tertiary/aromatic N) is 1. The second-order valence-corrected chi connectivity index (χ2v) is 4.74. The first kappa shape index (κ1) is 6.95. The molecule has 0 aliphatic carbocycles. The molecule has 0 aromatic carbocycles. The van der Waals surface area contributed by atoms with E-state index in [0.717, 1.165) is 13.2 Å². The normalized spacial score (nSPS) is 32.1. The first-order chi connectivity index (χ1) is 4.83. The lowest BCUT2D eigenvalue weighted by Gasteiger charge is -2.12. The lowest BCUT2D eigenvalue weighted by Crippen LogP contribution is -2.13. The molecule has 2 aliphatic rings. The summed E-state index contributed by atoms with van der Waals surface area (Å²) in [6.45, 7) is 3.02. The van der Waals surface area contributed by atoms with E-state index in [0.29, 0.717) is 13.2 Å². The van der Waals surface area contributed by atoms with Crippen molar-refractivity contribution < 1.29 is 13.6 Å². The molecule has 0 N–H and O–H groups in total. The van der Waals surface area contributed by atoms with Crippen LogP contribution in [0.3, 0.4) is 0 Å². The lowest BCUT2D eigenvalue weighted by atomic mass is 10.7. The van der Waals surface area contributed by atoms with Gasteiger partial charge in [0.25, 0.3) is 0 Å². The molecule has 4 nitrogen and oxygen atoms in total. The van der Waals surface area contributed by atoms with Gasteiger partial charge in [0, 0.05) is 7.05 Å². The molecule has 0 atom stereocenters. The van der Waals surface area contributed by atoms with E-state index in [1.54, 1.807) is 0 Å². The second kappa shape index (κ2) is 2.40. The Labute approximate surface area is 60.7 Å². The Hall–Kier alpha value is 0.270. The molecule has 1 spiro atoms. The van der Waals surface area contributed by atoms with Gasteiger partial charge < -0.3 is 0 Å². The van der Waals surface area contributed by atoms with Gasteiger partial charge in [-0.25, -0.2) is 0 Å². The van der Waals surface area contributed by atoms with Crippen LogP contribution in [0.15, 0.2) is 0 Å². The fraction of sp³-hybridized carbons (Fsp3) is 1.00. The van der Waals surface area contributed by atoms with E-state index in [4.69, 9.17) is 13.6 Å². The Kier molecular flexibility index (Phi) is 1.66. The van der Waals surface area contributed by atoms with E-state index in [1.807, 2.05) is 11.7 Å². The van der Waals surface area contributed by atoms with Crippen LogP contribution in [-0.2, 0) is 13.6 Å². The van der Waals surface area contributed by atoms with Gasteiger partial charge in [-0.05, 0) is 0 Å². The minimum Gasteiger partial charge on any atom is -0.161 e. The van der Waals surface area contributed by atoms with Crippen LogP contribution in [0.5, 0.6) is 0 Å². The van der Waals surface area contributed by atoms with Crippen LogP contribution in [0.2, 0.25) is 0 Å². The van der Waals surface area contributed by atoms with Crippen LogP contribution >= 0.6 is 8.09 Å². The highest BCUT2D eigenvalue weighted by Crippen LogP contribution is 2.69. The molecule has 0 aromatic heterocycles. The number of rotatable bonds is 0. The summed E-state index contributed by atoms with van der Waals surface area (Å²) in [5.74, 6) is 0. The minimum atomic E-state index is -1.96. The molecule has 2 aliphatic heterocycles. The molecule has 2 heterocycles. The molecule has 58 valence electrons. The van der Waals surface area contributed by atoms with Crippen LogP contribution in [-0.4, -0.2) is 38.1 Å². The highest BCUT2D eigenvalue weighted by atomic mass is 31.2. The Balaban J connectivity index is 2.11. The standard InChI is InChI=1S/C5H11NO3P/c1-6-2-3-7-10(6)8-4-5-9-10/h2-5H2,1H3/q+1. The number of hydrogen-bond acceptors (Lipinski definition) is 4. The summed E-state index contributed by atoms with van der Waals surface area (Å²) in [5, 5.41) is 0. The van der Waals surface area contributed by atoms with Gasteiger partial charge in [0.2, 0.25) is 0 Å². The molecule has 0 bridgehead atoms. The van der Waals surface area contributed by atoms with E-state index in [1.165, 1.54) is 0 Å². The van der Waals surface area contributed by atoms with Gasteiger partial charge in [-0.2, -0.15) is 13.6 Å². The lowest BCUT2D eigenvalue weighted by molar-refractivity contribution is 0.244. The van der Waals surface area contributed by atoms with Gasteiger partial charge in [-0.1, -0.05) is 0 Å². The van der Waals surface area contributed by atoms with Gasteiger partial charge in [0.15, 0.2) is 0 Å². The third-order valence-corrected chi connectivity index (χ3v) is 4.24. The smallest absolute Gasteiger partial charge is 0.161 e. The predicted octanol–water partition coefficient (Wildman–Crippen LogP) is 0.673. The summed E-state index contributed by atoms with van der Waals surface area (Å²) in [5.41, 5.74) is 0. The number of hydrogen-bond donors (Lipinski definition) is 0. The second-order valence-electron chi connectivity index (χ2n) is 2.35. The van der Waals surface area contributed by atoms with Gasteiger partial charge in [0.05, 0.1) is 6.54 Å². The van der Waals surface area contributed by atoms with Crippen LogP contribution < -0.4 is 0 Å². The fourth-order valence-electron chi connectivity index (χ4n) is 1.12. The summed E-state index contributed by atoms with van der Waals surface area (Å²) in [4.78, 5) is 0. The molecule has 0 aromatic rings. The molecular weight excluding hydrogens is 153 g/mol. The highest BCUT2D eigenvalue weighted by molar-refractivity contribution is 7.59. The van der Waals surface area contributed by atoms with Crippen molar-refractivity contribution in [1.82, 2.24) is 4.67 Å². The van der Waals surface area contributed by atoms with Crippen molar-refractivity contribution in [3.8, 4) is 0 Å². The van der Waals surface area contributed by atoms with E-state index >= 15 is 0 Å². The summed E-state index contributed by atoms with van der Waals surface area (Å²) in [6.07, 6.45) is 0. The molecule has 0 unspecified atom stereocenters. The summed E-state index contributed by atoms with van der Waals surface area (Å²) in [6, 6.07) is 0. The van der Waals surface area contributed by atoms with Crippen LogP contribution in [0.1, 0.15) is 0 Å². The average Bonchev–Trinajstić information content (AvgIpc) is 2.48. The summed E-state index contributed by atoms with van der Waals surface area (Å²) >= 11 is 0. The zero-order valence-corrected chi connectivity index (χ0v) is 6.84. The molecule has 10 heavy (non-hydrogen) atoms. The van der Waals surface area contributed by atoms with Crippen molar-refractivity contribution in [2.75, 3.05) is 33.4 Å². The maximum Gasteiger partial charge on any atom is 0.504 e. The Morgan fingerprint density at radius 3 is 2.20 bits per heavy atom. The Morgan fingerprint density at radius 1 is 1.10 bits per heavy atom. The zero-order chi connectivity index (χ0) is 7.03. The maximum atomic E-state index is 5.41. The van der Waals surface area contributed by atoms with E-state index in [2.05, 4.69) is 0 Å². The average molecular weight is 164 g/mol. The molecule has 2 saturated heterocycles. The quantitative estimate of drug-likeness (QED) is 0.492. The zero-order valence-electron chi connectivity index (χ0n) is 5.95. The fourth-order valence-corrected chi connectivity index (χ4v) is 3.19.